The monoisotopic (exact) mass is 257 g/mol. The van der Waals surface area contributed by atoms with E-state index in [1.54, 1.807) is 11.8 Å². The lowest BCUT2D eigenvalue weighted by Gasteiger charge is -2.22. The van der Waals surface area contributed by atoms with Gasteiger partial charge in [-0.3, -0.25) is 0 Å². The van der Waals surface area contributed by atoms with E-state index in [1.165, 1.54) is 0 Å². The molecule has 0 saturated carbocycles. The molecule has 0 aromatic rings. The summed E-state index contributed by atoms with van der Waals surface area (Å²) in [7, 11) is 0. The fraction of sp³-hybridized carbons (Fsp3) is 0.750. The molecule has 0 amide bonds. The number of hydrogen-bond acceptors (Lipinski definition) is 4. The molecule has 0 unspecified atom stereocenters. The van der Waals surface area contributed by atoms with Crippen molar-refractivity contribution in [1.82, 2.24) is 5.32 Å². The van der Waals surface area contributed by atoms with Gasteiger partial charge in [-0.25, -0.2) is 0 Å². The van der Waals surface area contributed by atoms with Crippen molar-refractivity contribution < 1.29 is 5.21 Å². The van der Waals surface area contributed by atoms with E-state index in [1.807, 2.05) is 13.8 Å². The van der Waals surface area contributed by atoms with Crippen molar-refractivity contribution in [2.75, 3.05) is 24.6 Å². The number of nitrogens with one attached hydrogen (secondary N) is 1. The van der Waals surface area contributed by atoms with Crippen molar-refractivity contribution >= 4 is 17.6 Å². The second-order valence-corrected chi connectivity index (χ2v) is 5.58. The van der Waals surface area contributed by atoms with Crippen molar-refractivity contribution in [2.24, 2.45) is 16.3 Å². The summed E-state index contributed by atoms with van der Waals surface area (Å²) in [4.78, 5) is 0. The van der Waals surface area contributed by atoms with E-state index in [4.69, 9.17) is 17.4 Å². The van der Waals surface area contributed by atoms with Crippen LogP contribution in [0.15, 0.2) is 5.16 Å². The van der Waals surface area contributed by atoms with Crippen LogP contribution in [0, 0.1) is 17.8 Å². The Kier molecular flexibility index (Phi) is 8.73. The van der Waals surface area contributed by atoms with Crippen LogP contribution in [0.25, 0.3) is 0 Å². The Morgan fingerprint density at radius 2 is 2.24 bits per heavy atom. The maximum Gasteiger partial charge on any atom is 0.144 e. The van der Waals surface area contributed by atoms with E-state index in [0.29, 0.717) is 5.84 Å². The van der Waals surface area contributed by atoms with Crippen LogP contribution in [0.1, 0.15) is 26.7 Å². The van der Waals surface area contributed by atoms with Crippen LogP contribution in [0.3, 0.4) is 0 Å². The number of rotatable bonds is 9. The molecule has 17 heavy (non-hydrogen) atoms. The van der Waals surface area contributed by atoms with Crippen molar-refractivity contribution in [2.45, 2.75) is 26.7 Å². The number of thioether (sulfide) groups is 1. The minimum absolute atomic E-state index is 0.241. The molecule has 0 radical (unpaired) electrons. The van der Waals surface area contributed by atoms with Gasteiger partial charge < -0.3 is 16.3 Å². The average molecular weight is 257 g/mol. The van der Waals surface area contributed by atoms with Gasteiger partial charge in [0.15, 0.2) is 0 Å². The normalized spacial score (nSPS) is 12.4. The number of amidine groups is 1. The average Bonchev–Trinajstić information content (AvgIpc) is 2.31. The predicted octanol–water partition coefficient (Wildman–Crippen LogP) is 1.50. The summed E-state index contributed by atoms with van der Waals surface area (Å²) in [6.45, 7) is 5.87. The van der Waals surface area contributed by atoms with Gasteiger partial charge >= 0.3 is 0 Å². The molecule has 5 heteroatoms. The van der Waals surface area contributed by atoms with Crippen LogP contribution in [0.2, 0.25) is 0 Å². The van der Waals surface area contributed by atoms with E-state index in [0.717, 1.165) is 37.4 Å². The number of nitrogens with zero attached hydrogens (tertiary/aromatic N) is 1. The third-order valence-corrected chi connectivity index (χ3v) is 3.43. The molecular formula is C12H23N3OS. The van der Waals surface area contributed by atoms with Gasteiger partial charge in [0, 0.05) is 17.7 Å². The zero-order chi connectivity index (χ0) is 13.1. The van der Waals surface area contributed by atoms with Gasteiger partial charge in [-0.15, -0.1) is 18.2 Å². The minimum atomic E-state index is -0.241. The molecule has 0 aliphatic heterocycles. The lowest BCUT2D eigenvalue weighted by Crippen LogP contribution is -2.32. The number of terminal acetylenes is 1. The summed E-state index contributed by atoms with van der Waals surface area (Å²) in [5.41, 5.74) is 5.36. The zero-order valence-electron chi connectivity index (χ0n) is 10.7. The van der Waals surface area contributed by atoms with Crippen LogP contribution in [-0.4, -0.2) is 35.6 Å². The van der Waals surface area contributed by atoms with Crippen LogP contribution in [0.4, 0.5) is 0 Å². The first kappa shape index (κ1) is 16.1. The summed E-state index contributed by atoms with van der Waals surface area (Å²) in [6, 6.07) is 0. The Morgan fingerprint density at radius 1 is 1.53 bits per heavy atom. The summed E-state index contributed by atoms with van der Waals surface area (Å²) >= 11 is 1.75. The largest absolute Gasteiger partial charge is 0.409 e. The van der Waals surface area contributed by atoms with Gasteiger partial charge in [0.1, 0.15) is 5.84 Å². The fourth-order valence-corrected chi connectivity index (χ4v) is 1.87. The topological polar surface area (TPSA) is 70.6 Å². The maximum absolute atomic E-state index is 8.62. The Morgan fingerprint density at radius 3 is 2.82 bits per heavy atom. The highest BCUT2D eigenvalue weighted by atomic mass is 32.2. The van der Waals surface area contributed by atoms with Crippen LogP contribution < -0.4 is 11.1 Å². The molecule has 0 heterocycles. The molecule has 0 rings (SSSR count). The molecular weight excluding hydrogens is 234 g/mol. The molecule has 0 aliphatic carbocycles. The number of nitrogens with two attached hydrogens (primary N) is 1. The van der Waals surface area contributed by atoms with Crippen LogP contribution >= 0.6 is 11.8 Å². The maximum atomic E-state index is 8.62. The van der Waals surface area contributed by atoms with Gasteiger partial charge in [-0.2, -0.15) is 0 Å². The van der Waals surface area contributed by atoms with Crippen molar-refractivity contribution in [1.29, 1.82) is 0 Å². The van der Waals surface area contributed by atoms with E-state index >= 15 is 0 Å². The van der Waals surface area contributed by atoms with Gasteiger partial charge in [-0.05, 0) is 19.4 Å². The van der Waals surface area contributed by atoms with Crippen molar-refractivity contribution in [3.8, 4) is 12.3 Å². The molecule has 4 N–H and O–H groups in total. The summed E-state index contributed by atoms with van der Waals surface area (Å²) in [5.74, 6) is 4.70. The first-order chi connectivity index (χ1) is 8.04. The SMILES string of the molecule is C#CCSCCNCCCC(C)(C)C(N)=NO. The number of oxime groups is 1. The lowest BCUT2D eigenvalue weighted by atomic mass is 9.86. The highest BCUT2D eigenvalue weighted by Gasteiger charge is 2.22. The Labute approximate surface area is 108 Å². The third-order valence-electron chi connectivity index (χ3n) is 2.57. The van der Waals surface area contributed by atoms with Gasteiger partial charge in [0.25, 0.3) is 0 Å². The van der Waals surface area contributed by atoms with E-state index in [9.17, 15) is 0 Å². The second kappa shape index (κ2) is 9.20. The fourth-order valence-electron chi connectivity index (χ4n) is 1.32. The zero-order valence-corrected chi connectivity index (χ0v) is 11.5. The molecule has 4 nitrogen and oxygen atoms in total. The molecule has 0 aromatic carbocycles. The molecule has 0 fully saturated rings. The molecule has 0 bridgehead atoms. The first-order valence-electron chi connectivity index (χ1n) is 5.74. The van der Waals surface area contributed by atoms with Gasteiger partial charge in [0.2, 0.25) is 0 Å². The van der Waals surface area contributed by atoms with E-state index < -0.39 is 0 Å². The Balaban J connectivity index is 3.49. The van der Waals surface area contributed by atoms with Crippen molar-refractivity contribution in [3.05, 3.63) is 0 Å². The second-order valence-electron chi connectivity index (χ2n) is 4.48. The summed E-state index contributed by atoms with van der Waals surface area (Å²) in [5, 5.41) is 15.0. The smallest absolute Gasteiger partial charge is 0.144 e. The summed E-state index contributed by atoms with van der Waals surface area (Å²) < 4.78 is 0. The van der Waals surface area contributed by atoms with E-state index in [2.05, 4.69) is 16.4 Å². The summed E-state index contributed by atoms with van der Waals surface area (Å²) in [6.07, 6.45) is 7.04. The van der Waals surface area contributed by atoms with Gasteiger partial charge in [0.05, 0.1) is 5.75 Å². The highest BCUT2D eigenvalue weighted by Crippen LogP contribution is 2.21. The van der Waals surface area contributed by atoms with E-state index in [-0.39, 0.29) is 5.41 Å². The van der Waals surface area contributed by atoms with Crippen molar-refractivity contribution in [3.63, 3.8) is 0 Å². The molecule has 0 saturated heterocycles. The molecule has 0 atom stereocenters. The quantitative estimate of drug-likeness (QED) is 0.146. The molecule has 98 valence electrons. The van der Waals surface area contributed by atoms with Crippen LogP contribution in [0.5, 0.6) is 0 Å². The molecule has 0 aliphatic rings. The molecule has 0 aromatic heterocycles. The predicted molar refractivity (Wildman–Crippen MR) is 75.5 cm³/mol. The molecule has 0 spiro atoms. The Bertz CT molecular complexity index is 271. The number of hydrogen-bond donors (Lipinski definition) is 3. The standard InChI is InChI=1S/C12H23N3OS/c1-4-9-17-10-8-14-7-5-6-12(2,3)11(13)15-16/h1,14,16H,5-10H2,2-3H3,(H2,13,15). The minimum Gasteiger partial charge on any atom is -0.409 e. The van der Waals surface area contributed by atoms with Gasteiger partial charge in [-0.1, -0.05) is 24.9 Å². The highest BCUT2D eigenvalue weighted by molar-refractivity contribution is 7.99. The third kappa shape index (κ3) is 7.94. The van der Waals surface area contributed by atoms with Crippen LogP contribution in [-0.2, 0) is 0 Å². The lowest BCUT2D eigenvalue weighted by molar-refractivity contribution is 0.304. The first-order valence-corrected chi connectivity index (χ1v) is 6.90. The Hall–Kier alpha value is -0.860.